The molecule has 5 nitrogen and oxygen atoms in total. The highest BCUT2D eigenvalue weighted by atomic mass is 32.3. The van der Waals surface area contributed by atoms with Crippen LogP contribution in [0, 0.1) is 11.8 Å². The highest BCUT2D eigenvalue weighted by molar-refractivity contribution is 8.09. The summed E-state index contributed by atoms with van der Waals surface area (Å²) in [7, 11) is -8.48. The van der Waals surface area contributed by atoms with Crippen molar-refractivity contribution in [2.75, 3.05) is 0 Å². The molecular formula is C24H30O5S2. The molecule has 168 valence electrons. The molecule has 0 amide bonds. The summed E-state index contributed by atoms with van der Waals surface area (Å²) in [4.78, 5) is 11.8. The maximum absolute atomic E-state index is 13.4. The summed E-state index contributed by atoms with van der Waals surface area (Å²) in [5, 5.41) is 0. The van der Waals surface area contributed by atoms with Crippen molar-refractivity contribution in [3.8, 4) is 0 Å². The van der Waals surface area contributed by atoms with Gasteiger partial charge in [-0.05, 0) is 63.3 Å². The molecule has 0 N–H and O–H groups in total. The lowest BCUT2D eigenvalue weighted by Gasteiger charge is -2.24. The lowest BCUT2D eigenvalue weighted by atomic mass is 9.89. The van der Waals surface area contributed by atoms with Crippen LogP contribution in [0.15, 0.2) is 82.1 Å². The van der Waals surface area contributed by atoms with Gasteiger partial charge in [-0.1, -0.05) is 55.0 Å². The van der Waals surface area contributed by atoms with Crippen LogP contribution in [0.4, 0.5) is 0 Å². The van der Waals surface area contributed by atoms with Crippen molar-refractivity contribution < 1.29 is 21.6 Å². The Morgan fingerprint density at radius 2 is 1.29 bits per heavy atom. The molecule has 2 rings (SSSR count). The van der Waals surface area contributed by atoms with Crippen molar-refractivity contribution in [3.05, 3.63) is 72.3 Å². The minimum atomic E-state index is -4.24. The summed E-state index contributed by atoms with van der Waals surface area (Å²) in [6.07, 6.45) is 3.87. The fraction of sp³-hybridized carbons (Fsp3) is 0.375. The van der Waals surface area contributed by atoms with Gasteiger partial charge in [0.1, 0.15) is 6.29 Å². The monoisotopic (exact) mass is 462 g/mol. The van der Waals surface area contributed by atoms with Gasteiger partial charge >= 0.3 is 0 Å². The van der Waals surface area contributed by atoms with Gasteiger partial charge < -0.3 is 4.79 Å². The Balaban J connectivity index is 2.47. The average Bonchev–Trinajstić information content (AvgIpc) is 2.75. The van der Waals surface area contributed by atoms with Crippen molar-refractivity contribution in [3.63, 3.8) is 0 Å². The fourth-order valence-corrected chi connectivity index (χ4v) is 8.07. The van der Waals surface area contributed by atoms with Gasteiger partial charge in [0, 0.05) is 5.92 Å². The molecule has 0 aromatic heterocycles. The van der Waals surface area contributed by atoms with Crippen LogP contribution in [0.3, 0.4) is 0 Å². The van der Waals surface area contributed by atoms with Crippen LogP contribution in [0.2, 0.25) is 0 Å². The SMILES string of the molecule is CC(C)=CCC[C@H](C)[C@@H](C=O)CC(S(=O)(=O)c1ccccc1)S(=O)(=O)c1ccccc1. The Kier molecular flexibility index (Phi) is 8.77. The molecule has 2 aromatic carbocycles. The van der Waals surface area contributed by atoms with E-state index in [0.29, 0.717) is 12.7 Å². The van der Waals surface area contributed by atoms with Crippen molar-refractivity contribution in [1.29, 1.82) is 0 Å². The summed E-state index contributed by atoms with van der Waals surface area (Å²) in [6, 6.07) is 15.1. The highest BCUT2D eigenvalue weighted by Gasteiger charge is 2.42. The highest BCUT2D eigenvalue weighted by Crippen LogP contribution is 2.32. The number of benzene rings is 2. The molecule has 0 saturated carbocycles. The van der Waals surface area contributed by atoms with E-state index in [-0.39, 0.29) is 22.1 Å². The maximum Gasteiger partial charge on any atom is 0.195 e. The number of carbonyl (C=O) groups is 1. The minimum absolute atomic E-state index is 0.0682. The van der Waals surface area contributed by atoms with Crippen LogP contribution in [-0.2, 0) is 24.5 Å². The standard InChI is InChI=1S/C24H30O5S2/c1-19(2)11-10-12-20(3)21(18-25)17-24(30(26,27)22-13-6-4-7-14-22)31(28,29)23-15-8-5-9-16-23/h4-9,11,13-16,18,20-21,24H,10,12,17H2,1-3H3/t20-,21+/m0/s1. The number of hydrogen-bond donors (Lipinski definition) is 0. The largest absolute Gasteiger partial charge is 0.303 e. The van der Waals surface area contributed by atoms with Crippen molar-refractivity contribution in [2.24, 2.45) is 11.8 Å². The molecule has 0 unspecified atom stereocenters. The normalized spacial score (nSPS) is 14.1. The lowest BCUT2D eigenvalue weighted by Crippen LogP contribution is -2.34. The van der Waals surface area contributed by atoms with Crippen molar-refractivity contribution in [1.82, 2.24) is 0 Å². The molecule has 0 aliphatic heterocycles. The summed E-state index contributed by atoms with van der Waals surface area (Å²) >= 11 is 0. The molecule has 0 saturated heterocycles. The summed E-state index contributed by atoms with van der Waals surface area (Å²) in [6.45, 7) is 5.83. The molecule has 0 fully saturated rings. The quantitative estimate of drug-likeness (QED) is 0.352. The molecular weight excluding hydrogens is 432 g/mol. The topological polar surface area (TPSA) is 85.3 Å². The van der Waals surface area contributed by atoms with E-state index in [9.17, 15) is 21.6 Å². The van der Waals surface area contributed by atoms with Crippen LogP contribution >= 0.6 is 0 Å². The third kappa shape index (κ3) is 6.37. The van der Waals surface area contributed by atoms with E-state index in [1.165, 1.54) is 24.3 Å². The second kappa shape index (κ2) is 10.9. The Morgan fingerprint density at radius 3 is 1.68 bits per heavy atom. The van der Waals surface area contributed by atoms with E-state index >= 15 is 0 Å². The van der Waals surface area contributed by atoms with Crippen molar-refractivity contribution >= 4 is 26.0 Å². The first-order chi connectivity index (χ1) is 14.6. The molecule has 7 heteroatoms. The Hall–Kier alpha value is -2.25. The maximum atomic E-state index is 13.4. The number of carbonyl (C=O) groups excluding carboxylic acids is 1. The first-order valence-electron chi connectivity index (χ1n) is 10.3. The molecule has 0 aliphatic carbocycles. The van der Waals surface area contributed by atoms with Gasteiger partial charge in [-0.15, -0.1) is 0 Å². The van der Waals surface area contributed by atoms with Crippen LogP contribution < -0.4 is 0 Å². The van der Waals surface area contributed by atoms with Crippen LogP contribution in [0.5, 0.6) is 0 Å². The predicted molar refractivity (Wildman–Crippen MR) is 123 cm³/mol. The van der Waals surface area contributed by atoms with Gasteiger partial charge in [-0.2, -0.15) is 0 Å². The summed E-state index contributed by atoms with van der Waals surface area (Å²) in [5.74, 6) is -0.861. The van der Waals surface area contributed by atoms with Crippen LogP contribution in [-0.4, -0.2) is 27.7 Å². The fourth-order valence-electron chi connectivity index (χ4n) is 3.44. The second-order valence-electron chi connectivity index (χ2n) is 8.02. The Morgan fingerprint density at radius 1 is 0.839 bits per heavy atom. The van der Waals surface area contributed by atoms with E-state index < -0.39 is 30.2 Å². The van der Waals surface area contributed by atoms with Gasteiger partial charge in [0.05, 0.1) is 9.79 Å². The average molecular weight is 463 g/mol. The van der Waals surface area contributed by atoms with Crippen molar-refractivity contribution in [2.45, 2.75) is 54.4 Å². The van der Waals surface area contributed by atoms with Gasteiger partial charge in [0.25, 0.3) is 0 Å². The zero-order valence-electron chi connectivity index (χ0n) is 18.1. The van der Waals surface area contributed by atoms with E-state index in [2.05, 4.69) is 6.08 Å². The third-order valence-corrected chi connectivity index (χ3v) is 10.5. The number of rotatable bonds is 11. The molecule has 0 radical (unpaired) electrons. The molecule has 0 bridgehead atoms. The van der Waals surface area contributed by atoms with E-state index in [4.69, 9.17) is 0 Å². The Labute approximate surface area is 186 Å². The van der Waals surface area contributed by atoms with Gasteiger partial charge in [-0.25, -0.2) is 16.8 Å². The van der Waals surface area contributed by atoms with Gasteiger partial charge in [0.15, 0.2) is 24.3 Å². The number of hydrogen-bond acceptors (Lipinski definition) is 5. The molecule has 2 aromatic rings. The first-order valence-corrected chi connectivity index (χ1v) is 13.4. The first kappa shape index (κ1) is 25.0. The van der Waals surface area contributed by atoms with E-state index in [1.54, 1.807) is 36.4 Å². The van der Waals surface area contributed by atoms with Crippen LogP contribution in [0.25, 0.3) is 0 Å². The van der Waals surface area contributed by atoms with Gasteiger partial charge in [-0.3, -0.25) is 0 Å². The smallest absolute Gasteiger partial charge is 0.195 e. The van der Waals surface area contributed by atoms with Crippen LogP contribution in [0.1, 0.15) is 40.0 Å². The molecule has 31 heavy (non-hydrogen) atoms. The third-order valence-electron chi connectivity index (χ3n) is 5.38. The number of aldehydes is 1. The summed E-state index contributed by atoms with van der Waals surface area (Å²) in [5.41, 5.74) is 1.16. The zero-order chi connectivity index (χ0) is 23.1. The Bertz CT molecular complexity index is 1020. The number of allylic oxidation sites excluding steroid dienone is 2. The zero-order valence-corrected chi connectivity index (χ0v) is 19.8. The molecule has 0 heterocycles. The minimum Gasteiger partial charge on any atom is -0.303 e. The summed E-state index contributed by atoms with van der Waals surface area (Å²) < 4.78 is 52.0. The second-order valence-corrected chi connectivity index (χ2v) is 12.6. The molecule has 0 spiro atoms. The number of sulfone groups is 2. The lowest BCUT2D eigenvalue weighted by molar-refractivity contribution is -0.112. The van der Waals surface area contributed by atoms with Gasteiger partial charge in [0.2, 0.25) is 0 Å². The molecule has 2 atom stereocenters. The van der Waals surface area contributed by atoms with E-state index in [0.717, 1.165) is 12.0 Å². The van der Waals surface area contributed by atoms with E-state index in [1.807, 2.05) is 20.8 Å². The predicted octanol–water partition coefficient (Wildman–Crippen LogP) is 4.85. The molecule has 0 aliphatic rings.